The summed E-state index contributed by atoms with van der Waals surface area (Å²) < 4.78 is 26.8. The summed E-state index contributed by atoms with van der Waals surface area (Å²) >= 11 is 3.24. The van der Waals surface area contributed by atoms with E-state index in [1.807, 2.05) is 6.92 Å². The van der Waals surface area contributed by atoms with Gasteiger partial charge in [0.1, 0.15) is 0 Å². The molecule has 0 saturated heterocycles. The predicted molar refractivity (Wildman–Crippen MR) is 81.5 cm³/mol. The van der Waals surface area contributed by atoms with E-state index in [-0.39, 0.29) is 17.9 Å². The maximum absolute atomic E-state index is 12.6. The molecule has 0 N–H and O–H groups in total. The van der Waals surface area contributed by atoms with Crippen molar-refractivity contribution >= 4 is 26.0 Å². The summed E-state index contributed by atoms with van der Waals surface area (Å²) in [7, 11) is -3.75. The van der Waals surface area contributed by atoms with E-state index in [2.05, 4.69) is 15.9 Å². The predicted octanol–water partition coefficient (Wildman–Crippen LogP) is 2.62. The first-order valence-corrected chi connectivity index (χ1v) is 8.35. The second-order valence-corrected chi connectivity index (χ2v) is 7.20. The number of nitro groups is 1. The van der Waals surface area contributed by atoms with Crippen LogP contribution in [0.25, 0.3) is 0 Å². The number of aryl methyl sites for hydroxylation is 1. The smallest absolute Gasteiger partial charge is 0.265 e. The van der Waals surface area contributed by atoms with Crippen molar-refractivity contribution in [3.8, 4) is 0 Å². The van der Waals surface area contributed by atoms with E-state index in [1.54, 1.807) is 18.2 Å². The molecular formula is C13H13BrN2O4S. The molecule has 0 spiro atoms. The van der Waals surface area contributed by atoms with Crippen molar-refractivity contribution in [2.24, 2.45) is 0 Å². The van der Waals surface area contributed by atoms with E-state index in [0.717, 1.165) is 9.54 Å². The topological polar surface area (TPSA) is 82.2 Å². The Bertz CT molecular complexity index is 766. The molecule has 0 saturated carbocycles. The van der Waals surface area contributed by atoms with Gasteiger partial charge in [0.05, 0.1) is 17.0 Å². The van der Waals surface area contributed by atoms with Crippen LogP contribution >= 0.6 is 15.9 Å². The standard InChI is InChI=1S/C13H13BrN2O4S/c1-10-2-4-11(5-3-10)21(19,20)15-8-6-12(14)13(15)7-9-16(17)18/h2-6,8H,7,9H2,1H3. The summed E-state index contributed by atoms with van der Waals surface area (Å²) in [5.74, 6) is 0. The zero-order valence-electron chi connectivity index (χ0n) is 11.2. The molecule has 0 atom stereocenters. The number of rotatable bonds is 5. The van der Waals surface area contributed by atoms with Gasteiger partial charge in [-0.1, -0.05) is 17.7 Å². The lowest BCUT2D eigenvalue weighted by Crippen LogP contribution is -2.17. The van der Waals surface area contributed by atoms with Gasteiger partial charge in [0.2, 0.25) is 6.54 Å². The van der Waals surface area contributed by atoms with Gasteiger partial charge in [0, 0.05) is 15.6 Å². The highest BCUT2D eigenvalue weighted by atomic mass is 79.9. The van der Waals surface area contributed by atoms with Crippen molar-refractivity contribution in [2.45, 2.75) is 18.2 Å². The molecule has 6 nitrogen and oxygen atoms in total. The molecule has 21 heavy (non-hydrogen) atoms. The highest BCUT2D eigenvalue weighted by Gasteiger charge is 2.22. The third-order valence-electron chi connectivity index (χ3n) is 3.01. The molecule has 0 bridgehead atoms. The Hall–Kier alpha value is -1.67. The van der Waals surface area contributed by atoms with Crippen LogP contribution < -0.4 is 0 Å². The van der Waals surface area contributed by atoms with E-state index in [1.165, 1.54) is 18.3 Å². The Labute approximate surface area is 130 Å². The van der Waals surface area contributed by atoms with Gasteiger partial charge in [-0.2, -0.15) is 0 Å². The number of hydrogen-bond acceptors (Lipinski definition) is 4. The molecule has 2 rings (SSSR count). The first-order chi connectivity index (χ1) is 9.82. The van der Waals surface area contributed by atoms with E-state index in [9.17, 15) is 18.5 Å². The SMILES string of the molecule is Cc1ccc(S(=O)(=O)n2ccc(Br)c2CC[N+](=O)[O-])cc1. The Kier molecular flexibility index (Phi) is 4.48. The molecule has 8 heteroatoms. The molecule has 0 unspecified atom stereocenters. The quantitative estimate of drug-likeness (QED) is 0.596. The van der Waals surface area contributed by atoms with E-state index < -0.39 is 14.9 Å². The van der Waals surface area contributed by atoms with Crippen molar-refractivity contribution in [1.29, 1.82) is 0 Å². The normalized spacial score (nSPS) is 11.5. The van der Waals surface area contributed by atoms with Gasteiger partial charge < -0.3 is 0 Å². The molecule has 0 aliphatic heterocycles. The van der Waals surface area contributed by atoms with Crippen molar-refractivity contribution < 1.29 is 13.3 Å². The third-order valence-corrected chi connectivity index (χ3v) is 5.46. The summed E-state index contributed by atoms with van der Waals surface area (Å²) in [6.45, 7) is 1.54. The monoisotopic (exact) mass is 372 g/mol. The van der Waals surface area contributed by atoms with Crippen LogP contribution in [0, 0.1) is 17.0 Å². The summed E-state index contributed by atoms with van der Waals surface area (Å²) in [5, 5.41) is 10.5. The molecule has 0 amide bonds. The fourth-order valence-electron chi connectivity index (χ4n) is 1.90. The lowest BCUT2D eigenvalue weighted by atomic mass is 10.2. The van der Waals surface area contributed by atoms with Crippen molar-refractivity contribution in [3.05, 3.63) is 62.4 Å². The van der Waals surface area contributed by atoms with Gasteiger partial charge in [0.25, 0.3) is 10.0 Å². The Morgan fingerprint density at radius 1 is 1.24 bits per heavy atom. The maximum Gasteiger partial charge on any atom is 0.267 e. The largest absolute Gasteiger partial charge is 0.267 e. The zero-order chi connectivity index (χ0) is 15.6. The second-order valence-electron chi connectivity index (χ2n) is 4.53. The molecule has 0 aliphatic rings. The van der Waals surface area contributed by atoms with Crippen molar-refractivity contribution in [2.75, 3.05) is 6.54 Å². The van der Waals surface area contributed by atoms with Crippen LogP contribution in [0.5, 0.6) is 0 Å². The highest BCUT2D eigenvalue weighted by molar-refractivity contribution is 9.10. The molecule has 1 aromatic carbocycles. The highest BCUT2D eigenvalue weighted by Crippen LogP contribution is 2.24. The molecule has 1 aromatic heterocycles. The molecule has 0 fully saturated rings. The van der Waals surface area contributed by atoms with Gasteiger partial charge in [-0.05, 0) is 41.1 Å². The van der Waals surface area contributed by atoms with E-state index in [4.69, 9.17) is 0 Å². The number of nitrogens with zero attached hydrogens (tertiary/aromatic N) is 2. The molecular weight excluding hydrogens is 360 g/mol. The van der Waals surface area contributed by atoms with Gasteiger partial charge in [-0.3, -0.25) is 10.1 Å². The zero-order valence-corrected chi connectivity index (χ0v) is 13.6. The van der Waals surface area contributed by atoms with Crippen LogP contribution in [0.1, 0.15) is 11.3 Å². The van der Waals surface area contributed by atoms with Crippen LogP contribution in [-0.2, 0) is 16.4 Å². The average molecular weight is 373 g/mol. The fourth-order valence-corrected chi connectivity index (χ4v) is 3.93. The average Bonchev–Trinajstić information content (AvgIpc) is 2.78. The van der Waals surface area contributed by atoms with Crippen molar-refractivity contribution in [1.82, 2.24) is 3.97 Å². The number of halogens is 1. The molecule has 1 heterocycles. The van der Waals surface area contributed by atoms with E-state index in [0.29, 0.717) is 10.2 Å². The fraction of sp³-hybridized carbons (Fsp3) is 0.231. The van der Waals surface area contributed by atoms with Crippen LogP contribution in [0.15, 0.2) is 45.9 Å². The van der Waals surface area contributed by atoms with Crippen LogP contribution in [0.4, 0.5) is 0 Å². The molecule has 2 aromatic rings. The van der Waals surface area contributed by atoms with Crippen molar-refractivity contribution in [3.63, 3.8) is 0 Å². The summed E-state index contributed by atoms with van der Waals surface area (Å²) in [5.41, 5.74) is 1.32. The number of aromatic nitrogens is 1. The lowest BCUT2D eigenvalue weighted by Gasteiger charge is -2.10. The van der Waals surface area contributed by atoms with Gasteiger partial charge in [-0.15, -0.1) is 0 Å². The Morgan fingerprint density at radius 3 is 2.43 bits per heavy atom. The number of benzene rings is 1. The minimum atomic E-state index is -3.75. The first kappa shape index (κ1) is 15.7. The van der Waals surface area contributed by atoms with Gasteiger partial charge in [-0.25, -0.2) is 12.4 Å². The van der Waals surface area contributed by atoms with Gasteiger partial charge >= 0.3 is 0 Å². The Balaban J connectivity index is 2.45. The minimum absolute atomic E-state index is 0.0334. The molecule has 112 valence electrons. The maximum atomic E-state index is 12.6. The van der Waals surface area contributed by atoms with Crippen LogP contribution in [0.2, 0.25) is 0 Å². The summed E-state index contributed by atoms with van der Waals surface area (Å²) in [6.07, 6.45) is 1.43. The van der Waals surface area contributed by atoms with Gasteiger partial charge in [0.15, 0.2) is 0 Å². The second kappa shape index (κ2) is 5.98. The van der Waals surface area contributed by atoms with E-state index >= 15 is 0 Å². The molecule has 0 aliphatic carbocycles. The third kappa shape index (κ3) is 3.33. The van der Waals surface area contributed by atoms with Crippen LogP contribution in [0.3, 0.4) is 0 Å². The summed E-state index contributed by atoms with van der Waals surface area (Å²) in [4.78, 5) is 10.2. The summed E-state index contributed by atoms with van der Waals surface area (Å²) in [6, 6.07) is 8.04. The minimum Gasteiger partial charge on any atom is -0.265 e. The number of hydrogen-bond donors (Lipinski definition) is 0. The molecule has 0 radical (unpaired) electrons. The first-order valence-electron chi connectivity index (χ1n) is 6.12. The van der Waals surface area contributed by atoms with Crippen LogP contribution in [-0.4, -0.2) is 23.9 Å². The lowest BCUT2D eigenvalue weighted by molar-refractivity contribution is -0.479. The Morgan fingerprint density at radius 2 is 1.86 bits per heavy atom.